The third-order valence-electron chi connectivity index (χ3n) is 5.18. The van der Waals surface area contributed by atoms with Crippen LogP contribution in [0.4, 0.5) is 4.39 Å². The fourth-order valence-electron chi connectivity index (χ4n) is 3.16. The van der Waals surface area contributed by atoms with Crippen LogP contribution in [-0.2, 0) is 24.9 Å². The Morgan fingerprint density at radius 1 is 1.00 bits per heavy atom. The number of halogens is 1. The van der Waals surface area contributed by atoms with Crippen LogP contribution in [0, 0.1) is 43.5 Å². The zero-order chi connectivity index (χ0) is 25.1. The van der Waals surface area contributed by atoms with E-state index in [0.29, 0.717) is 10.9 Å². The average Bonchev–Trinajstić information content (AvgIpc) is 2.66. The molecule has 0 fully saturated rings. The van der Waals surface area contributed by atoms with E-state index in [1.165, 1.54) is 17.7 Å². The number of aliphatic hydroxyl groups is 1. The van der Waals surface area contributed by atoms with Crippen LogP contribution in [0.15, 0.2) is 48.2 Å². The van der Waals surface area contributed by atoms with Crippen molar-refractivity contribution in [3.63, 3.8) is 0 Å². The fraction of sp³-hybridized carbons (Fsp3) is 0.379. The summed E-state index contributed by atoms with van der Waals surface area (Å²) in [6.45, 7) is 17.1. The Balaban J connectivity index is 0.000000364. The van der Waals surface area contributed by atoms with Gasteiger partial charge in [-0.1, -0.05) is 67.5 Å². The Morgan fingerprint density at radius 2 is 1.62 bits per heavy atom. The molecule has 34 heavy (non-hydrogen) atoms. The number of benzene rings is 2. The molecule has 3 rings (SSSR count). The van der Waals surface area contributed by atoms with Crippen molar-refractivity contribution in [3.05, 3.63) is 76.8 Å². The predicted octanol–water partition coefficient (Wildman–Crippen LogP) is 7.85. The molecule has 1 radical (unpaired) electrons. The van der Waals surface area contributed by atoms with E-state index in [9.17, 15) is 14.3 Å². The summed E-state index contributed by atoms with van der Waals surface area (Å²) >= 11 is 0. The Labute approximate surface area is 216 Å². The summed E-state index contributed by atoms with van der Waals surface area (Å²) in [5, 5.41) is 10.2. The van der Waals surface area contributed by atoms with Crippen LogP contribution in [0.25, 0.3) is 22.2 Å². The zero-order valence-electron chi connectivity index (χ0n) is 21.6. The first kappa shape index (κ1) is 29.7. The Bertz CT molecular complexity index is 1180. The monoisotopic (exact) mass is 641 g/mol. The van der Waals surface area contributed by atoms with E-state index in [1.54, 1.807) is 6.07 Å². The molecule has 0 saturated heterocycles. The molecule has 0 spiro atoms. The maximum absolute atomic E-state index is 13.9. The van der Waals surface area contributed by atoms with Crippen molar-refractivity contribution in [1.82, 2.24) is 4.98 Å². The summed E-state index contributed by atoms with van der Waals surface area (Å²) in [5.74, 6) is -0.115. The van der Waals surface area contributed by atoms with E-state index < -0.39 is 5.41 Å². The predicted molar refractivity (Wildman–Crippen MR) is 135 cm³/mol. The van der Waals surface area contributed by atoms with E-state index in [1.807, 2.05) is 67.5 Å². The van der Waals surface area contributed by atoms with Crippen LogP contribution in [0.1, 0.15) is 58.2 Å². The summed E-state index contributed by atoms with van der Waals surface area (Å²) in [6, 6.07) is 14.4. The number of hydrogen-bond donors (Lipinski definition) is 1. The van der Waals surface area contributed by atoms with Crippen LogP contribution in [0.5, 0.6) is 0 Å². The van der Waals surface area contributed by atoms with Gasteiger partial charge in [0, 0.05) is 42.4 Å². The number of hydrogen-bond acceptors (Lipinski definition) is 3. The first-order valence-corrected chi connectivity index (χ1v) is 11.1. The van der Waals surface area contributed by atoms with Gasteiger partial charge in [0.15, 0.2) is 5.78 Å². The van der Waals surface area contributed by atoms with Crippen LogP contribution in [0.2, 0.25) is 0 Å². The van der Waals surface area contributed by atoms with Crippen LogP contribution in [0.3, 0.4) is 0 Å². The average molecular weight is 641 g/mol. The van der Waals surface area contributed by atoms with Crippen LogP contribution < -0.4 is 0 Å². The van der Waals surface area contributed by atoms with Crippen molar-refractivity contribution >= 4 is 16.7 Å². The molecule has 1 heterocycles. The molecule has 0 bridgehead atoms. The molecule has 0 saturated carbocycles. The Hall–Kier alpha value is -2.36. The number of aliphatic hydroxyl groups excluding tert-OH is 1. The van der Waals surface area contributed by atoms with Gasteiger partial charge in [-0.2, -0.15) is 0 Å². The molecule has 0 amide bonds. The molecule has 3 aromatic rings. The van der Waals surface area contributed by atoms with Gasteiger partial charge in [0.2, 0.25) is 0 Å². The summed E-state index contributed by atoms with van der Waals surface area (Å²) in [6.07, 6.45) is 1.33. The minimum Gasteiger partial charge on any atom is -0.512 e. The molecule has 185 valence electrons. The summed E-state index contributed by atoms with van der Waals surface area (Å²) in [7, 11) is 0. The third-order valence-corrected chi connectivity index (χ3v) is 5.18. The molecule has 2 aromatic carbocycles. The number of carbonyl (C=O) groups excluding carboxylic acids is 1. The van der Waals surface area contributed by atoms with Gasteiger partial charge in [-0.25, -0.2) is 4.39 Å². The van der Waals surface area contributed by atoms with E-state index in [4.69, 9.17) is 0 Å². The number of allylic oxidation sites excluding steroid dienone is 2. The maximum atomic E-state index is 13.9. The fourth-order valence-corrected chi connectivity index (χ4v) is 3.16. The van der Waals surface area contributed by atoms with Crippen molar-refractivity contribution in [1.29, 1.82) is 0 Å². The van der Waals surface area contributed by atoms with Gasteiger partial charge in [0.05, 0.1) is 5.52 Å². The minimum absolute atomic E-state index is 0. The van der Waals surface area contributed by atoms with Gasteiger partial charge in [-0.3, -0.25) is 9.78 Å². The number of pyridine rings is 1. The quantitative estimate of drug-likeness (QED) is 0.176. The topological polar surface area (TPSA) is 50.2 Å². The molecule has 0 unspecified atom stereocenters. The standard InChI is InChI=1S/C18H15FN.C11H20O2.Ir/c1-11-7-12(2)9-14(8-11)17-10-13(3)18-15(19)5-4-6-16(18)20-17;1-10(2,3)8(12)7-9(13)11(4,5)6;/h4-8,10H,1-3H3;7,12H,1-6H3;/q-1;;/b;8-7-;. The molecule has 0 aliphatic rings. The van der Waals surface area contributed by atoms with Crippen LogP contribution >= 0.6 is 0 Å². The second-order valence-electron chi connectivity index (χ2n) is 10.6. The number of nitrogens with zero attached hydrogens (tertiary/aromatic N) is 1. The van der Waals surface area contributed by atoms with Crippen LogP contribution in [-0.4, -0.2) is 15.9 Å². The Morgan fingerprint density at radius 3 is 2.15 bits per heavy atom. The molecule has 1 N–H and O–H groups in total. The second kappa shape index (κ2) is 11.4. The van der Waals surface area contributed by atoms with Gasteiger partial charge in [-0.05, 0) is 30.3 Å². The number of aromatic nitrogens is 1. The normalized spacial score (nSPS) is 12.0. The van der Waals surface area contributed by atoms with Gasteiger partial charge >= 0.3 is 0 Å². The molecule has 0 atom stereocenters. The van der Waals surface area contributed by atoms with E-state index in [0.717, 1.165) is 22.4 Å². The summed E-state index contributed by atoms with van der Waals surface area (Å²) in [5.41, 5.74) is 4.88. The first-order chi connectivity index (χ1) is 15.1. The SMILES string of the molecule is CC(C)(C)C(=O)/C=C(\O)C(C)(C)C.Cc1[c-]c(-c2cc(C)c3c(F)cccc3n2)cc(C)c1.[Ir]. The summed E-state index contributed by atoms with van der Waals surface area (Å²) in [4.78, 5) is 16.1. The van der Waals surface area contributed by atoms with Crippen molar-refractivity contribution in [3.8, 4) is 11.3 Å². The van der Waals surface area contributed by atoms with E-state index in [-0.39, 0.29) is 42.9 Å². The molecule has 3 nitrogen and oxygen atoms in total. The van der Waals surface area contributed by atoms with Gasteiger partial charge < -0.3 is 5.11 Å². The largest absolute Gasteiger partial charge is 0.512 e. The van der Waals surface area contributed by atoms with Crippen molar-refractivity contribution in [2.24, 2.45) is 10.8 Å². The number of fused-ring (bicyclic) bond motifs is 1. The zero-order valence-corrected chi connectivity index (χ0v) is 24.0. The molecule has 0 aliphatic heterocycles. The minimum atomic E-state index is -0.417. The van der Waals surface area contributed by atoms with Crippen molar-refractivity contribution in [2.75, 3.05) is 0 Å². The van der Waals surface area contributed by atoms with Crippen molar-refractivity contribution < 1.29 is 34.4 Å². The molecule has 0 aliphatic carbocycles. The van der Waals surface area contributed by atoms with Gasteiger partial charge in [0.25, 0.3) is 0 Å². The first-order valence-electron chi connectivity index (χ1n) is 11.1. The van der Waals surface area contributed by atoms with E-state index >= 15 is 0 Å². The molecular formula is C29H35FIrNO2-. The van der Waals surface area contributed by atoms with E-state index in [2.05, 4.69) is 30.1 Å². The molecule has 5 heteroatoms. The number of rotatable bonds is 2. The second-order valence-corrected chi connectivity index (χ2v) is 10.6. The number of carbonyl (C=O) groups is 1. The smallest absolute Gasteiger partial charge is 0.164 e. The molecule has 1 aromatic heterocycles. The number of ketones is 1. The molecular weight excluding hydrogens is 606 g/mol. The van der Waals surface area contributed by atoms with Gasteiger partial charge in [0.1, 0.15) is 11.6 Å². The van der Waals surface area contributed by atoms with Gasteiger partial charge in [-0.15, -0.1) is 34.9 Å². The summed E-state index contributed by atoms with van der Waals surface area (Å²) < 4.78 is 13.9. The maximum Gasteiger partial charge on any atom is 0.164 e. The third kappa shape index (κ3) is 7.85. The van der Waals surface area contributed by atoms with Crippen molar-refractivity contribution in [2.45, 2.75) is 62.3 Å². The number of aryl methyl sites for hydroxylation is 3. The Kier molecular flexibility index (Phi) is 9.93.